The van der Waals surface area contributed by atoms with Crippen LogP contribution in [0.4, 0.5) is 0 Å². The summed E-state index contributed by atoms with van der Waals surface area (Å²) in [6.45, 7) is 1.68. The van der Waals surface area contributed by atoms with Gasteiger partial charge in [-0.3, -0.25) is 19.2 Å². The standard InChI is InChI=1S/C11H10O6/c1-11-3-6(12)16-10(15)7(11)4-2-5(11)9(14)17-8(4)13/h4-5,7H,2-3H2,1H3. The highest BCUT2D eigenvalue weighted by molar-refractivity contribution is 6.00. The predicted molar refractivity (Wildman–Crippen MR) is 50.0 cm³/mol. The molecule has 3 aliphatic rings. The van der Waals surface area contributed by atoms with E-state index in [-0.39, 0.29) is 12.8 Å². The van der Waals surface area contributed by atoms with Crippen molar-refractivity contribution in [2.45, 2.75) is 19.8 Å². The zero-order valence-corrected chi connectivity index (χ0v) is 9.10. The molecule has 3 fully saturated rings. The molecule has 0 radical (unpaired) electrons. The zero-order chi connectivity index (χ0) is 12.4. The molecule has 1 saturated carbocycles. The number of carbonyl (C=O) groups excluding carboxylic acids is 4. The van der Waals surface area contributed by atoms with Crippen LogP contribution < -0.4 is 0 Å². The molecular weight excluding hydrogens is 228 g/mol. The van der Waals surface area contributed by atoms with Gasteiger partial charge in [-0.15, -0.1) is 0 Å². The van der Waals surface area contributed by atoms with Crippen LogP contribution in [0.1, 0.15) is 19.8 Å². The molecule has 3 rings (SSSR count). The molecule has 0 aromatic rings. The second-order valence-corrected chi connectivity index (χ2v) is 5.09. The second-order valence-electron chi connectivity index (χ2n) is 5.09. The fourth-order valence-electron chi connectivity index (χ4n) is 3.37. The van der Waals surface area contributed by atoms with E-state index >= 15 is 0 Å². The Morgan fingerprint density at radius 3 is 2.47 bits per heavy atom. The number of carbonyl (C=O) groups is 4. The van der Waals surface area contributed by atoms with Crippen molar-refractivity contribution < 1.29 is 28.7 Å². The normalized spacial score (nSPS) is 44.2. The first kappa shape index (κ1) is 10.4. The summed E-state index contributed by atoms with van der Waals surface area (Å²) in [5.41, 5.74) is -0.833. The van der Waals surface area contributed by atoms with Crippen LogP contribution in [0.3, 0.4) is 0 Å². The Kier molecular flexibility index (Phi) is 1.80. The van der Waals surface area contributed by atoms with Crippen molar-refractivity contribution in [1.29, 1.82) is 0 Å². The first-order chi connectivity index (χ1) is 7.93. The van der Waals surface area contributed by atoms with Crippen molar-refractivity contribution in [2.24, 2.45) is 23.2 Å². The Morgan fingerprint density at radius 1 is 1.06 bits per heavy atom. The third-order valence-electron chi connectivity index (χ3n) is 4.18. The van der Waals surface area contributed by atoms with Gasteiger partial charge < -0.3 is 9.47 Å². The zero-order valence-electron chi connectivity index (χ0n) is 9.10. The molecule has 0 aromatic carbocycles. The molecule has 4 unspecified atom stereocenters. The van der Waals surface area contributed by atoms with Crippen molar-refractivity contribution in [3.8, 4) is 0 Å². The quantitative estimate of drug-likeness (QED) is 0.429. The van der Waals surface area contributed by atoms with E-state index in [1.807, 2.05) is 0 Å². The molecule has 0 spiro atoms. The Labute approximate surface area is 96.2 Å². The molecule has 1 aliphatic carbocycles. The fourth-order valence-corrected chi connectivity index (χ4v) is 3.37. The molecule has 6 nitrogen and oxygen atoms in total. The van der Waals surface area contributed by atoms with E-state index in [4.69, 9.17) is 0 Å². The monoisotopic (exact) mass is 238 g/mol. The molecule has 2 heterocycles. The van der Waals surface area contributed by atoms with Gasteiger partial charge in [-0.25, -0.2) is 0 Å². The number of hydrogen-bond acceptors (Lipinski definition) is 6. The molecule has 2 saturated heterocycles. The lowest BCUT2D eigenvalue weighted by Crippen LogP contribution is -2.45. The van der Waals surface area contributed by atoms with Gasteiger partial charge in [-0.2, -0.15) is 0 Å². The Bertz CT molecular complexity index is 467. The maximum atomic E-state index is 11.7. The van der Waals surface area contributed by atoms with E-state index in [9.17, 15) is 19.2 Å². The molecule has 2 aliphatic heterocycles. The average molecular weight is 238 g/mol. The van der Waals surface area contributed by atoms with Gasteiger partial charge in [-0.1, -0.05) is 6.92 Å². The lowest BCUT2D eigenvalue weighted by atomic mass is 9.69. The number of ether oxygens (including phenoxy) is 2. The first-order valence-electron chi connectivity index (χ1n) is 5.43. The molecule has 0 N–H and O–H groups in total. The van der Waals surface area contributed by atoms with E-state index in [1.54, 1.807) is 6.92 Å². The van der Waals surface area contributed by atoms with Crippen LogP contribution >= 0.6 is 0 Å². The van der Waals surface area contributed by atoms with E-state index < -0.39 is 47.0 Å². The van der Waals surface area contributed by atoms with Crippen molar-refractivity contribution >= 4 is 23.9 Å². The summed E-state index contributed by atoms with van der Waals surface area (Å²) in [4.78, 5) is 46.2. The van der Waals surface area contributed by atoms with Crippen LogP contribution in [0.2, 0.25) is 0 Å². The largest absolute Gasteiger partial charge is 0.393 e. The SMILES string of the molecule is CC12CC(=O)OC(=O)C1C1CC2C(=O)OC1=O. The van der Waals surface area contributed by atoms with Gasteiger partial charge in [0.15, 0.2) is 0 Å². The van der Waals surface area contributed by atoms with Gasteiger partial charge in [0, 0.05) is 5.41 Å². The predicted octanol–water partition coefficient (Wildman–Crippen LogP) is -0.198. The Hall–Kier alpha value is -1.72. The number of hydrogen-bond donors (Lipinski definition) is 0. The summed E-state index contributed by atoms with van der Waals surface area (Å²) in [6.07, 6.45) is 0.258. The topological polar surface area (TPSA) is 86.7 Å². The van der Waals surface area contributed by atoms with Crippen LogP contribution in [0.5, 0.6) is 0 Å². The summed E-state index contributed by atoms with van der Waals surface area (Å²) in [6, 6.07) is 0. The summed E-state index contributed by atoms with van der Waals surface area (Å²) >= 11 is 0. The minimum absolute atomic E-state index is 0.0209. The third kappa shape index (κ3) is 1.15. The Balaban J connectivity index is 2.11. The lowest BCUT2D eigenvalue weighted by molar-refractivity contribution is -0.177. The summed E-state index contributed by atoms with van der Waals surface area (Å²) in [5.74, 6) is -4.59. The van der Waals surface area contributed by atoms with Crippen molar-refractivity contribution in [3.05, 3.63) is 0 Å². The van der Waals surface area contributed by atoms with Gasteiger partial charge >= 0.3 is 23.9 Å². The van der Waals surface area contributed by atoms with Crippen molar-refractivity contribution in [2.75, 3.05) is 0 Å². The van der Waals surface area contributed by atoms with Crippen molar-refractivity contribution in [1.82, 2.24) is 0 Å². The van der Waals surface area contributed by atoms with Crippen molar-refractivity contribution in [3.63, 3.8) is 0 Å². The molecule has 90 valence electrons. The van der Waals surface area contributed by atoms with Gasteiger partial charge in [0.1, 0.15) is 0 Å². The molecule has 4 atom stereocenters. The van der Waals surface area contributed by atoms with E-state index in [1.165, 1.54) is 0 Å². The number of rotatable bonds is 0. The highest BCUT2D eigenvalue weighted by Crippen LogP contribution is 2.58. The van der Waals surface area contributed by atoms with Gasteiger partial charge in [-0.05, 0) is 6.42 Å². The maximum absolute atomic E-state index is 11.7. The van der Waals surface area contributed by atoms with Crippen LogP contribution in [-0.2, 0) is 28.7 Å². The molecule has 2 bridgehead atoms. The van der Waals surface area contributed by atoms with E-state index in [2.05, 4.69) is 9.47 Å². The fraction of sp³-hybridized carbons (Fsp3) is 0.636. The molecule has 0 aromatic heterocycles. The minimum atomic E-state index is -0.833. The van der Waals surface area contributed by atoms with Crippen LogP contribution in [0, 0.1) is 23.2 Å². The minimum Gasteiger partial charge on any atom is -0.393 e. The lowest BCUT2D eigenvalue weighted by Gasteiger charge is -2.35. The van der Waals surface area contributed by atoms with Crippen LogP contribution in [-0.4, -0.2) is 23.9 Å². The van der Waals surface area contributed by atoms with Crippen LogP contribution in [0.25, 0.3) is 0 Å². The van der Waals surface area contributed by atoms with E-state index in [0.717, 1.165) is 0 Å². The third-order valence-corrected chi connectivity index (χ3v) is 4.18. The number of cyclic esters (lactones) is 4. The molecular formula is C11H10O6. The molecule has 0 amide bonds. The summed E-state index contributed by atoms with van der Waals surface area (Å²) in [7, 11) is 0. The highest BCUT2D eigenvalue weighted by atomic mass is 16.6. The molecule has 6 heteroatoms. The smallest absolute Gasteiger partial charge is 0.318 e. The van der Waals surface area contributed by atoms with Gasteiger partial charge in [0.2, 0.25) is 0 Å². The Morgan fingerprint density at radius 2 is 1.76 bits per heavy atom. The van der Waals surface area contributed by atoms with Gasteiger partial charge in [0.05, 0.1) is 24.2 Å². The summed E-state index contributed by atoms with van der Waals surface area (Å²) in [5, 5.41) is 0. The summed E-state index contributed by atoms with van der Waals surface area (Å²) < 4.78 is 9.18. The average Bonchev–Trinajstić information content (AvgIpc) is 2.46. The number of esters is 4. The van der Waals surface area contributed by atoms with Crippen LogP contribution in [0.15, 0.2) is 0 Å². The van der Waals surface area contributed by atoms with E-state index in [0.29, 0.717) is 0 Å². The second kappa shape index (κ2) is 2.94. The maximum Gasteiger partial charge on any atom is 0.318 e. The van der Waals surface area contributed by atoms with Gasteiger partial charge in [0.25, 0.3) is 0 Å². The first-order valence-corrected chi connectivity index (χ1v) is 5.43. The molecule has 17 heavy (non-hydrogen) atoms. The number of fused-ring (bicyclic) bond motifs is 5. The highest BCUT2D eigenvalue weighted by Gasteiger charge is 2.67.